The number of aromatic hydroxyl groups is 1. The third-order valence-electron chi connectivity index (χ3n) is 6.46. The van der Waals surface area contributed by atoms with Gasteiger partial charge in [-0.2, -0.15) is 4.37 Å². The average Bonchev–Trinajstić information content (AvgIpc) is 3.26. The fraction of sp³-hybridized carbons (Fsp3) is 0.222. The van der Waals surface area contributed by atoms with Gasteiger partial charge in [-0.15, -0.1) is 0 Å². The lowest BCUT2D eigenvalue weighted by molar-refractivity contribution is 0.445. The number of nitrogens with zero attached hydrogens (tertiary/aromatic N) is 1. The summed E-state index contributed by atoms with van der Waals surface area (Å²) in [5.74, 6) is 1.41. The maximum Gasteiger partial charge on any atom is 0.119 e. The van der Waals surface area contributed by atoms with Crippen molar-refractivity contribution in [2.75, 3.05) is 0 Å². The number of hydrogen-bond donors (Lipinski definition) is 1. The van der Waals surface area contributed by atoms with Crippen molar-refractivity contribution in [3.8, 4) is 5.75 Å². The first-order valence-electron chi connectivity index (χ1n) is 10.6. The molecule has 0 aliphatic heterocycles. The lowest BCUT2D eigenvalue weighted by Crippen LogP contribution is -2.16. The van der Waals surface area contributed by atoms with Crippen molar-refractivity contribution in [3.05, 3.63) is 118 Å². The Bertz CT molecular complexity index is 1100. The maximum atomic E-state index is 10.3. The van der Waals surface area contributed by atoms with Gasteiger partial charge in [0.25, 0.3) is 0 Å². The normalized spacial score (nSPS) is 18.3. The van der Waals surface area contributed by atoms with Crippen LogP contribution in [0.4, 0.5) is 0 Å². The number of phenols is 1. The zero-order valence-corrected chi connectivity index (χ0v) is 17.8. The molecule has 1 aliphatic carbocycles. The van der Waals surface area contributed by atoms with Crippen LogP contribution in [0.3, 0.4) is 0 Å². The molecule has 1 aliphatic rings. The highest BCUT2D eigenvalue weighted by molar-refractivity contribution is 7.05. The van der Waals surface area contributed by atoms with E-state index in [0.717, 1.165) is 24.1 Å². The zero-order chi connectivity index (χ0) is 20.5. The predicted octanol–water partition coefficient (Wildman–Crippen LogP) is 6.86. The van der Waals surface area contributed by atoms with Crippen LogP contribution in [0.25, 0.3) is 0 Å². The minimum Gasteiger partial charge on any atom is -0.508 e. The van der Waals surface area contributed by atoms with E-state index in [1.54, 1.807) is 17.6 Å². The largest absolute Gasteiger partial charge is 0.508 e. The van der Waals surface area contributed by atoms with E-state index in [0.29, 0.717) is 17.6 Å². The summed E-state index contributed by atoms with van der Waals surface area (Å²) in [7, 11) is 0. The van der Waals surface area contributed by atoms with Gasteiger partial charge in [-0.1, -0.05) is 79.7 Å². The Labute approximate surface area is 182 Å². The molecule has 0 radical (unpaired) electrons. The second kappa shape index (κ2) is 8.08. The quantitative estimate of drug-likeness (QED) is 0.398. The Kier molecular flexibility index (Phi) is 5.14. The van der Waals surface area contributed by atoms with Crippen LogP contribution in [0.5, 0.6) is 5.75 Å². The fourth-order valence-corrected chi connectivity index (χ4v) is 5.89. The van der Waals surface area contributed by atoms with Crippen LogP contribution in [0.15, 0.2) is 84.9 Å². The number of rotatable bonds is 4. The highest BCUT2D eigenvalue weighted by atomic mass is 32.1. The van der Waals surface area contributed by atoms with Crippen molar-refractivity contribution < 1.29 is 5.11 Å². The van der Waals surface area contributed by atoms with Crippen LogP contribution in [0.2, 0.25) is 0 Å². The SMILES string of the molecule is CC1c2cccc(O)c2CCC1c1cc(C(c2ccccc2)c2ccccc2)ns1. The van der Waals surface area contributed by atoms with Crippen molar-refractivity contribution in [1.82, 2.24) is 4.37 Å². The van der Waals surface area contributed by atoms with Crippen molar-refractivity contribution in [2.45, 2.75) is 37.5 Å². The van der Waals surface area contributed by atoms with Gasteiger partial charge in [0, 0.05) is 10.8 Å². The molecule has 3 heteroatoms. The predicted molar refractivity (Wildman–Crippen MR) is 124 cm³/mol. The standard InChI is InChI=1S/C27H25NOS/c1-18-21-13-8-14-25(29)23(21)16-15-22(18)26-17-24(28-30-26)27(19-9-4-2-5-10-19)20-11-6-3-7-12-20/h2-14,17-18,22,27,29H,15-16H2,1H3. The van der Waals surface area contributed by atoms with Crippen molar-refractivity contribution in [2.24, 2.45) is 0 Å². The molecule has 30 heavy (non-hydrogen) atoms. The van der Waals surface area contributed by atoms with Crippen molar-refractivity contribution in [1.29, 1.82) is 0 Å². The van der Waals surface area contributed by atoms with Gasteiger partial charge in [0.1, 0.15) is 5.75 Å². The van der Waals surface area contributed by atoms with E-state index in [1.165, 1.54) is 21.6 Å². The van der Waals surface area contributed by atoms with Crippen LogP contribution < -0.4 is 0 Å². The molecule has 3 aromatic carbocycles. The second-order valence-electron chi connectivity index (χ2n) is 8.19. The molecular formula is C27H25NOS. The third kappa shape index (κ3) is 3.44. The van der Waals surface area contributed by atoms with E-state index < -0.39 is 0 Å². The van der Waals surface area contributed by atoms with Gasteiger partial charge >= 0.3 is 0 Å². The molecule has 0 bridgehead atoms. The molecule has 2 unspecified atom stereocenters. The van der Waals surface area contributed by atoms with Crippen molar-refractivity contribution >= 4 is 11.5 Å². The molecule has 150 valence electrons. The molecule has 0 spiro atoms. The Hall–Kier alpha value is -2.91. The summed E-state index contributed by atoms with van der Waals surface area (Å²) >= 11 is 1.64. The molecule has 0 amide bonds. The van der Waals surface area contributed by atoms with E-state index in [2.05, 4.69) is 79.7 Å². The fourth-order valence-electron chi connectivity index (χ4n) is 4.89. The van der Waals surface area contributed by atoms with E-state index in [-0.39, 0.29) is 5.92 Å². The lowest BCUT2D eigenvalue weighted by Gasteiger charge is -2.30. The molecule has 0 fully saturated rings. The number of hydrogen-bond acceptors (Lipinski definition) is 3. The maximum absolute atomic E-state index is 10.3. The van der Waals surface area contributed by atoms with Gasteiger partial charge in [-0.3, -0.25) is 0 Å². The molecule has 5 rings (SSSR count). The molecule has 2 nitrogen and oxygen atoms in total. The highest BCUT2D eigenvalue weighted by Crippen LogP contribution is 2.46. The highest BCUT2D eigenvalue weighted by Gasteiger charge is 2.31. The molecule has 4 aromatic rings. The molecule has 1 N–H and O–H groups in total. The van der Waals surface area contributed by atoms with E-state index in [1.807, 2.05) is 6.07 Å². The first-order valence-corrected chi connectivity index (χ1v) is 11.4. The summed E-state index contributed by atoms with van der Waals surface area (Å²) in [5, 5.41) is 10.3. The number of phenolic OH excluding ortho intramolecular Hbond substituents is 1. The summed E-state index contributed by atoms with van der Waals surface area (Å²) in [6.45, 7) is 2.29. The van der Waals surface area contributed by atoms with Crippen LogP contribution in [-0.2, 0) is 6.42 Å². The topological polar surface area (TPSA) is 33.1 Å². The first-order chi connectivity index (χ1) is 14.7. The Morgan fingerprint density at radius 1 is 0.900 bits per heavy atom. The monoisotopic (exact) mass is 411 g/mol. The smallest absolute Gasteiger partial charge is 0.119 e. The second-order valence-corrected chi connectivity index (χ2v) is 9.02. The first kappa shape index (κ1) is 19.1. The van der Waals surface area contributed by atoms with E-state index in [4.69, 9.17) is 4.37 Å². The van der Waals surface area contributed by atoms with Gasteiger partial charge in [0.15, 0.2) is 0 Å². The number of benzene rings is 3. The van der Waals surface area contributed by atoms with Gasteiger partial charge in [-0.25, -0.2) is 0 Å². The molecule has 1 heterocycles. The summed E-state index contributed by atoms with van der Waals surface area (Å²) in [6, 6.07) is 29.6. The summed E-state index contributed by atoms with van der Waals surface area (Å²) < 4.78 is 4.94. The number of fused-ring (bicyclic) bond motifs is 1. The Morgan fingerprint density at radius 2 is 1.57 bits per heavy atom. The minimum atomic E-state index is 0.146. The number of aromatic nitrogens is 1. The molecule has 1 aromatic heterocycles. The zero-order valence-electron chi connectivity index (χ0n) is 17.0. The van der Waals surface area contributed by atoms with Gasteiger partial charge in [0.2, 0.25) is 0 Å². The van der Waals surface area contributed by atoms with E-state index >= 15 is 0 Å². The lowest BCUT2D eigenvalue weighted by atomic mass is 9.75. The Balaban J connectivity index is 1.51. The summed E-state index contributed by atoms with van der Waals surface area (Å²) in [6.07, 6.45) is 1.97. The van der Waals surface area contributed by atoms with Crippen LogP contribution in [0.1, 0.15) is 63.9 Å². The molecule has 0 saturated carbocycles. The summed E-state index contributed by atoms with van der Waals surface area (Å²) in [4.78, 5) is 1.35. The van der Waals surface area contributed by atoms with Gasteiger partial charge in [-0.05, 0) is 64.7 Å². The molecule has 0 saturated heterocycles. The molecule has 2 atom stereocenters. The van der Waals surface area contributed by atoms with Crippen LogP contribution in [-0.4, -0.2) is 9.48 Å². The van der Waals surface area contributed by atoms with Crippen molar-refractivity contribution in [3.63, 3.8) is 0 Å². The Morgan fingerprint density at radius 3 is 2.23 bits per heavy atom. The average molecular weight is 412 g/mol. The van der Waals surface area contributed by atoms with Gasteiger partial charge in [0.05, 0.1) is 11.6 Å². The summed E-state index contributed by atoms with van der Waals surface area (Å²) in [5.41, 5.74) is 6.07. The minimum absolute atomic E-state index is 0.146. The van der Waals surface area contributed by atoms with E-state index in [9.17, 15) is 5.11 Å². The third-order valence-corrected chi connectivity index (χ3v) is 7.39. The van der Waals surface area contributed by atoms with Crippen LogP contribution in [0, 0.1) is 0 Å². The molecular weight excluding hydrogens is 386 g/mol. The van der Waals surface area contributed by atoms with Gasteiger partial charge < -0.3 is 5.11 Å². The van der Waals surface area contributed by atoms with Crippen LogP contribution >= 0.6 is 11.5 Å².